The Hall–Kier alpha value is -2.31. The number of benzene rings is 1. The molecule has 1 aliphatic carbocycles. The molecule has 128 valence electrons. The molecular formula is C19H21N5S. The van der Waals surface area contributed by atoms with E-state index >= 15 is 0 Å². The van der Waals surface area contributed by atoms with Crippen molar-refractivity contribution < 1.29 is 0 Å². The van der Waals surface area contributed by atoms with E-state index in [4.69, 9.17) is 9.97 Å². The Balaban J connectivity index is 1.69. The topological polar surface area (TPSA) is 62.7 Å². The van der Waals surface area contributed by atoms with Gasteiger partial charge in [-0.25, -0.2) is 15.0 Å². The highest BCUT2D eigenvalue weighted by atomic mass is 32.1. The maximum atomic E-state index is 4.80. The zero-order chi connectivity index (χ0) is 17.4. The van der Waals surface area contributed by atoms with Crippen LogP contribution in [0.4, 0.5) is 11.6 Å². The molecule has 0 unspecified atom stereocenters. The molecule has 0 aliphatic heterocycles. The number of thiazole rings is 1. The molecule has 0 fully saturated rings. The highest BCUT2D eigenvalue weighted by Gasteiger charge is 2.23. The van der Waals surface area contributed by atoms with Crippen LogP contribution in [-0.2, 0) is 19.4 Å². The molecule has 0 bridgehead atoms. The number of hydrogen-bond acceptors (Lipinski definition) is 6. The zero-order valence-corrected chi connectivity index (χ0v) is 15.5. The molecule has 2 aromatic heterocycles. The molecule has 6 heteroatoms. The summed E-state index contributed by atoms with van der Waals surface area (Å²) in [6, 6.07) is 6.37. The lowest BCUT2D eigenvalue weighted by Gasteiger charge is -2.15. The van der Waals surface area contributed by atoms with Gasteiger partial charge in [-0.1, -0.05) is 6.07 Å². The van der Waals surface area contributed by atoms with Gasteiger partial charge in [0.15, 0.2) is 0 Å². The van der Waals surface area contributed by atoms with Gasteiger partial charge in [0.2, 0.25) is 5.95 Å². The number of nitrogens with zero attached hydrogens (tertiary/aromatic N) is 3. The van der Waals surface area contributed by atoms with Crippen LogP contribution in [0.15, 0.2) is 24.4 Å². The summed E-state index contributed by atoms with van der Waals surface area (Å²) in [7, 11) is 1.95. The van der Waals surface area contributed by atoms with Gasteiger partial charge in [0.05, 0.1) is 5.69 Å². The van der Waals surface area contributed by atoms with E-state index in [1.165, 1.54) is 21.6 Å². The van der Waals surface area contributed by atoms with Gasteiger partial charge in [0.25, 0.3) is 0 Å². The van der Waals surface area contributed by atoms with Gasteiger partial charge in [-0.3, -0.25) is 0 Å². The highest BCUT2D eigenvalue weighted by Crippen LogP contribution is 2.35. The van der Waals surface area contributed by atoms with Gasteiger partial charge in [-0.05, 0) is 62.6 Å². The van der Waals surface area contributed by atoms with E-state index in [2.05, 4.69) is 47.7 Å². The van der Waals surface area contributed by atoms with Crippen molar-refractivity contribution in [1.29, 1.82) is 0 Å². The molecule has 0 atom stereocenters. The van der Waals surface area contributed by atoms with Crippen LogP contribution in [0, 0.1) is 13.8 Å². The monoisotopic (exact) mass is 351 g/mol. The van der Waals surface area contributed by atoms with Crippen LogP contribution in [0.5, 0.6) is 0 Å². The van der Waals surface area contributed by atoms with Crippen molar-refractivity contribution in [2.24, 2.45) is 0 Å². The smallest absolute Gasteiger partial charge is 0.227 e. The van der Waals surface area contributed by atoms with Crippen molar-refractivity contribution in [2.45, 2.75) is 33.2 Å². The second kappa shape index (κ2) is 6.54. The van der Waals surface area contributed by atoms with Crippen LogP contribution in [-0.4, -0.2) is 22.0 Å². The quantitative estimate of drug-likeness (QED) is 0.749. The highest BCUT2D eigenvalue weighted by molar-refractivity contribution is 7.12. The van der Waals surface area contributed by atoms with Crippen LogP contribution in [0.1, 0.15) is 26.6 Å². The Morgan fingerprint density at radius 1 is 1.04 bits per heavy atom. The summed E-state index contributed by atoms with van der Waals surface area (Å²) in [5.41, 5.74) is 6.64. The van der Waals surface area contributed by atoms with Crippen LogP contribution in [0.2, 0.25) is 0 Å². The molecule has 25 heavy (non-hydrogen) atoms. The standard InChI is InChI=1S/C19H21N5S/c1-11-6-12(2)8-14(7-11)22-19-21-9-13-4-5-15-18(17(13)24-19)23-16(25-15)10-20-3/h6-9,20H,4-5,10H2,1-3H3,(H,21,22,24). The van der Waals surface area contributed by atoms with Gasteiger partial charge in [0, 0.05) is 23.3 Å². The Bertz CT molecular complexity index is 911. The number of anilines is 2. The maximum absolute atomic E-state index is 4.80. The summed E-state index contributed by atoms with van der Waals surface area (Å²) in [5, 5.41) is 7.63. The largest absolute Gasteiger partial charge is 0.324 e. The van der Waals surface area contributed by atoms with Gasteiger partial charge in [-0.15, -0.1) is 11.3 Å². The first-order valence-corrected chi connectivity index (χ1v) is 9.29. The van der Waals surface area contributed by atoms with Gasteiger partial charge >= 0.3 is 0 Å². The SMILES string of the molecule is CNCc1nc2c(s1)CCc1cnc(Nc3cc(C)cc(C)c3)nc1-2. The van der Waals surface area contributed by atoms with Crippen molar-refractivity contribution in [3.63, 3.8) is 0 Å². The molecule has 0 saturated heterocycles. The summed E-state index contributed by atoms with van der Waals surface area (Å²) in [5.74, 6) is 0.625. The van der Waals surface area contributed by atoms with Crippen molar-refractivity contribution in [2.75, 3.05) is 12.4 Å². The maximum Gasteiger partial charge on any atom is 0.227 e. The summed E-state index contributed by atoms with van der Waals surface area (Å²) in [6.07, 6.45) is 3.94. The first-order valence-electron chi connectivity index (χ1n) is 8.47. The van der Waals surface area contributed by atoms with Crippen LogP contribution < -0.4 is 10.6 Å². The van der Waals surface area contributed by atoms with Crippen molar-refractivity contribution in [3.8, 4) is 11.4 Å². The lowest BCUT2D eigenvalue weighted by atomic mass is 10.00. The van der Waals surface area contributed by atoms with Crippen LogP contribution in [0.25, 0.3) is 11.4 Å². The van der Waals surface area contributed by atoms with E-state index in [-0.39, 0.29) is 0 Å². The molecule has 2 N–H and O–H groups in total. The molecule has 1 aliphatic rings. The van der Waals surface area contributed by atoms with E-state index in [1.807, 2.05) is 13.2 Å². The zero-order valence-electron chi connectivity index (χ0n) is 14.7. The number of rotatable bonds is 4. The fourth-order valence-corrected chi connectivity index (χ4v) is 4.34. The average molecular weight is 351 g/mol. The Kier molecular flexibility index (Phi) is 4.23. The molecule has 0 spiro atoms. The number of aromatic nitrogens is 3. The van der Waals surface area contributed by atoms with E-state index in [0.717, 1.165) is 41.5 Å². The normalized spacial score (nSPS) is 12.6. The van der Waals surface area contributed by atoms with E-state index in [9.17, 15) is 0 Å². The van der Waals surface area contributed by atoms with Gasteiger partial charge in [-0.2, -0.15) is 0 Å². The number of aryl methyl sites for hydroxylation is 4. The first-order chi connectivity index (χ1) is 12.1. The Morgan fingerprint density at radius 2 is 1.84 bits per heavy atom. The molecule has 0 amide bonds. The first kappa shape index (κ1) is 16.2. The molecule has 2 heterocycles. The molecule has 5 nitrogen and oxygen atoms in total. The Morgan fingerprint density at radius 3 is 2.60 bits per heavy atom. The van der Waals surface area contributed by atoms with Crippen LogP contribution >= 0.6 is 11.3 Å². The fraction of sp³-hybridized carbons (Fsp3) is 0.316. The molecule has 3 aromatic rings. The van der Waals surface area contributed by atoms with E-state index < -0.39 is 0 Å². The van der Waals surface area contributed by atoms with Gasteiger partial charge < -0.3 is 10.6 Å². The minimum absolute atomic E-state index is 0.625. The second-order valence-electron chi connectivity index (χ2n) is 6.48. The third kappa shape index (κ3) is 3.27. The molecule has 0 radical (unpaired) electrons. The van der Waals surface area contributed by atoms with Crippen LogP contribution in [0.3, 0.4) is 0 Å². The second-order valence-corrected chi connectivity index (χ2v) is 7.65. The van der Waals surface area contributed by atoms with Crippen molar-refractivity contribution in [1.82, 2.24) is 20.3 Å². The third-order valence-electron chi connectivity index (χ3n) is 4.26. The van der Waals surface area contributed by atoms with E-state index in [1.54, 1.807) is 11.3 Å². The number of fused-ring (bicyclic) bond motifs is 3. The lowest BCUT2D eigenvalue weighted by Crippen LogP contribution is -2.08. The fourth-order valence-electron chi connectivity index (χ4n) is 3.26. The molecule has 1 aromatic carbocycles. The molecular weight excluding hydrogens is 330 g/mol. The number of hydrogen-bond donors (Lipinski definition) is 2. The molecule has 4 rings (SSSR count). The summed E-state index contributed by atoms with van der Waals surface area (Å²) >= 11 is 1.78. The number of nitrogens with one attached hydrogen (secondary N) is 2. The van der Waals surface area contributed by atoms with E-state index in [0.29, 0.717) is 5.95 Å². The van der Waals surface area contributed by atoms with Crippen molar-refractivity contribution >= 4 is 23.0 Å². The third-order valence-corrected chi connectivity index (χ3v) is 5.37. The molecule has 0 saturated carbocycles. The minimum Gasteiger partial charge on any atom is -0.324 e. The minimum atomic E-state index is 0.625. The Labute approximate surface area is 151 Å². The summed E-state index contributed by atoms with van der Waals surface area (Å²) in [6.45, 7) is 4.99. The summed E-state index contributed by atoms with van der Waals surface area (Å²) in [4.78, 5) is 15.4. The van der Waals surface area contributed by atoms with Crippen molar-refractivity contribution in [3.05, 3.63) is 51.0 Å². The summed E-state index contributed by atoms with van der Waals surface area (Å²) < 4.78 is 0. The predicted octanol–water partition coefficient (Wildman–Crippen LogP) is 3.78. The predicted molar refractivity (Wildman–Crippen MR) is 103 cm³/mol. The lowest BCUT2D eigenvalue weighted by molar-refractivity contribution is 0.809. The van der Waals surface area contributed by atoms with Gasteiger partial charge in [0.1, 0.15) is 10.7 Å². The average Bonchev–Trinajstić information content (AvgIpc) is 2.97.